The molecular formula is C9H11NOS. The molecular weight excluding hydrogens is 170 g/mol. The van der Waals surface area contributed by atoms with Crippen LogP contribution in [0.25, 0.3) is 0 Å². The van der Waals surface area contributed by atoms with E-state index in [9.17, 15) is 0 Å². The van der Waals surface area contributed by atoms with Gasteiger partial charge in [-0.05, 0) is 18.6 Å². The maximum atomic E-state index is 5.33. The number of nitrogens with two attached hydrogens (primary N) is 1. The molecule has 0 saturated carbocycles. The summed E-state index contributed by atoms with van der Waals surface area (Å²) in [6.07, 6.45) is 0. The highest BCUT2D eigenvalue weighted by molar-refractivity contribution is 7.80. The van der Waals surface area contributed by atoms with E-state index in [2.05, 4.69) is 0 Å². The highest BCUT2D eigenvalue weighted by Crippen LogP contribution is 2.15. The van der Waals surface area contributed by atoms with Crippen molar-refractivity contribution in [3.8, 4) is 5.75 Å². The molecule has 2 nitrogen and oxygen atoms in total. The summed E-state index contributed by atoms with van der Waals surface area (Å²) in [4.78, 5) is 0.373. The number of hydrogen-bond acceptors (Lipinski definition) is 2. The average Bonchev–Trinajstić information content (AvgIpc) is 2.03. The van der Waals surface area contributed by atoms with Crippen LogP contribution in [0.5, 0.6) is 5.75 Å². The molecule has 0 amide bonds. The summed E-state index contributed by atoms with van der Waals surface area (Å²) >= 11 is 4.69. The molecule has 0 fully saturated rings. The van der Waals surface area contributed by atoms with Gasteiger partial charge in [-0.15, -0.1) is 0 Å². The number of thiocarbonyl (C=S) groups is 1. The second-order valence-electron chi connectivity index (χ2n) is 2.52. The number of benzene rings is 1. The van der Waals surface area contributed by atoms with Crippen LogP contribution in [0.1, 0.15) is 5.56 Å². The Kier molecular flexibility index (Phi) is 3.05. The van der Waals surface area contributed by atoms with Crippen LogP contribution in [0, 0.1) is 6.92 Å². The van der Waals surface area contributed by atoms with Crippen LogP contribution in [0.2, 0.25) is 0 Å². The minimum Gasteiger partial charge on any atom is -0.486 e. The zero-order chi connectivity index (χ0) is 8.97. The third kappa shape index (κ3) is 2.51. The number of ether oxygens (including phenoxy) is 1. The maximum Gasteiger partial charge on any atom is 0.138 e. The highest BCUT2D eigenvalue weighted by atomic mass is 32.1. The first-order chi connectivity index (χ1) is 5.70. The fourth-order valence-corrected chi connectivity index (χ4v) is 0.926. The average molecular weight is 181 g/mol. The Morgan fingerprint density at radius 1 is 1.50 bits per heavy atom. The van der Waals surface area contributed by atoms with Crippen LogP contribution < -0.4 is 10.5 Å². The summed E-state index contributed by atoms with van der Waals surface area (Å²) in [5.41, 5.74) is 6.39. The molecule has 3 heteroatoms. The lowest BCUT2D eigenvalue weighted by Crippen LogP contribution is -2.18. The number of hydrogen-bond donors (Lipinski definition) is 1. The predicted molar refractivity (Wildman–Crippen MR) is 53.5 cm³/mol. The molecule has 2 N–H and O–H groups in total. The smallest absolute Gasteiger partial charge is 0.138 e. The van der Waals surface area contributed by atoms with Gasteiger partial charge in [0.25, 0.3) is 0 Å². The zero-order valence-electron chi connectivity index (χ0n) is 6.91. The van der Waals surface area contributed by atoms with Crippen LogP contribution in [0.3, 0.4) is 0 Å². The van der Waals surface area contributed by atoms with Gasteiger partial charge in [0.15, 0.2) is 0 Å². The van der Waals surface area contributed by atoms with Crippen molar-refractivity contribution >= 4 is 17.2 Å². The van der Waals surface area contributed by atoms with Gasteiger partial charge in [-0.1, -0.05) is 30.4 Å². The molecule has 1 aromatic carbocycles. The van der Waals surface area contributed by atoms with E-state index in [4.69, 9.17) is 22.7 Å². The van der Waals surface area contributed by atoms with Crippen molar-refractivity contribution < 1.29 is 4.74 Å². The van der Waals surface area contributed by atoms with Gasteiger partial charge in [0.1, 0.15) is 17.3 Å². The van der Waals surface area contributed by atoms with Crippen molar-refractivity contribution in [2.75, 3.05) is 6.61 Å². The van der Waals surface area contributed by atoms with E-state index in [1.807, 2.05) is 31.2 Å². The van der Waals surface area contributed by atoms with Gasteiger partial charge in [0.05, 0.1) is 0 Å². The second kappa shape index (κ2) is 4.07. The van der Waals surface area contributed by atoms with Gasteiger partial charge < -0.3 is 10.5 Å². The monoisotopic (exact) mass is 181 g/mol. The first kappa shape index (κ1) is 9.00. The third-order valence-corrected chi connectivity index (χ3v) is 1.58. The van der Waals surface area contributed by atoms with Crippen LogP contribution in [0.15, 0.2) is 24.3 Å². The Hall–Kier alpha value is -1.09. The van der Waals surface area contributed by atoms with Crippen molar-refractivity contribution in [3.05, 3.63) is 29.8 Å². The van der Waals surface area contributed by atoms with E-state index in [0.29, 0.717) is 11.6 Å². The summed E-state index contributed by atoms with van der Waals surface area (Å²) < 4.78 is 5.33. The predicted octanol–water partition coefficient (Wildman–Crippen LogP) is 1.66. The van der Waals surface area contributed by atoms with Gasteiger partial charge in [-0.25, -0.2) is 0 Å². The van der Waals surface area contributed by atoms with Crippen LogP contribution in [0.4, 0.5) is 0 Å². The molecule has 0 aromatic heterocycles. The second-order valence-corrected chi connectivity index (χ2v) is 3.04. The Morgan fingerprint density at radius 3 is 2.75 bits per heavy atom. The molecule has 0 radical (unpaired) electrons. The van der Waals surface area contributed by atoms with Crippen molar-refractivity contribution in [1.82, 2.24) is 0 Å². The maximum absolute atomic E-state index is 5.33. The summed E-state index contributed by atoms with van der Waals surface area (Å²) in [5, 5.41) is 0. The minimum absolute atomic E-state index is 0.306. The highest BCUT2D eigenvalue weighted by Gasteiger charge is 1.97. The summed E-state index contributed by atoms with van der Waals surface area (Å²) in [6.45, 7) is 2.29. The largest absolute Gasteiger partial charge is 0.486 e. The van der Waals surface area contributed by atoms with Crippen LogP contribution in [-0.4, -0.2) is 11.6 Å². The molecule has 12 heavy (non-hydrogen) atoms. The van der Waals surface area contributed by atoms with Gasteiger partial charge in [-0.3, -0.25) is 0 Å². The SMILES string of the molecule is Cc1ccccc1OCC(N)=S. The lowest BCUT2D eigenvalue weighted by atomic mass is 10.2. The van der Waals surface area contributed by atoms with E-state index in [0.717, 1.165) is 11.3 Å². The first-order valence-electron chi connectivity index (χ1n) is 3.67. The van der Waals surface area contributed by atoms with E-state index in [1.54, 1.807) is 0 Å². The molecule has 0 bridgehead atoms. The van der Waals surface area contributed by atoms with Crippen molar-refractivity contribution in [3.63, 3.8) is 0 Å². The van der Waals surface area contributed by atoms with Gasteiger partial charge >= 0.3 is 0 Å². The fourth-order valence-electron chi connectivity index (χ4n) is 0.867. The minimum atomic E-state index is 0.306. The molecule has 0 atom stereocenters. The standard InChI is InChI=1S/C9H11NOS/c1-7-4-2-3-5-8(7)11-6-9(10)12/h2-5H,6H2,1H3,(H2,10,12). The normalized spacial score (nSPS) is 9.42. The molecule has 0 aliphatic rings. The lowest BCUT2D eigenvalue weighted by Gasteiger charge is -2.06. The molecule has 0 aliphatic heterocycles. The van der Waals surface area contributed by atoms with E-state index >= 15 is 0 Å². The summed E-state index contributed by atoms with van der Waals surface area (Å²) in [5.74, 6) is 0.838. The molecule has 1 rings (SSSR count). The molecule has 0 aliphatic carbocycles. The topological polar surface area (TPSA) is 35.2 Å². The Morgan fingerprint density at radius 2 is 2.17 bits per heavy atom. The van der Waals surface area contributed by atoms with Crippen molar-refractivity contribution in [1.29, 1.82) is 0 Å². The van der Waals surface area contributed by atoms with Crippen molar-refractivity contribution in [2.45, 2.75) is 6.92 Å². The zero-order valence-corrected chi connectivity index (χ0v) is 7.73. The Bertz CT molecular complexity index is 286. The van der Waals surface area contributed by atoms with Gasteiger partial charge in [0.2, 0.25) is 0 Å². The number of rotatable bonds is 3. The molecule has 0 unspecified atom stereocenters. The summed E-state index contributed by atoms with van der Waals surface area (Å²) in [6, 6.07) is 7.76. The number of aryl methyl sites for hydroxylation is 1. The number of para-hydroxylation sites is 1. The van der Waals surface area contributed by atoms with E-state index < -0.39 is 0 Å². The Balaban J connectivity index is 2.63. The first-order valence-corrected chi connectivity index (χ1v) is 4.07. The fraction of sp³-hybridized carbons (Fsp3) is 0.222. The van der Waals surface area contributed by atoms with Crippen molar-refractivity contribution in [2.24, 2.45) is 5.73 Å². The van der Waals surface area contributed by atoms with Gasteiger partial charge in [0, 0.05) is 0 Å². The molecule has 0 spiro atoms. The van der Waals surface area contributed by atoms with Crippen LogP contribution in [-0.2, 0) is 0 Å². The third-order valence-electron chi connectivity index (χ3n) is 1.46. The Labute approximate surface area is 77.3 Å². The lowest BCUT2D eigenvalue weighted by molar-refractivity contribution is 0.375. The molecule has 0 saturated heterocycles. The molecule has 1 aromatic rings. The molecule has 64 valence electrons. The molecule has 0 heterocycles. The van der Waals surface area contributed by atoms with E-state index in [1.165, 1.54) is 0 Å². The van der Waals surface area contributed by atoms with Gasteiger partial charge in [-0.2, -0.15) is 0 Å². The van der Waals surface area contributed by atoms with Crippen LogP contribution >= 0.6 is 12.2 Å². The summed E-state index contributed by atoms with van der Waals surface area (Å²) in [7, 11) is 0. The van der Waals surface area contributed by atoms with E-state index in [-0.39, 0.29) is 0 Å². The quantitative estimate of drug-likeness (QED) is 0.720.